The van der Waals surface area contributed by atoms with Gasteiger partial charge in [-0.1, -0.05) is 0 Å². The zero-order chi connectivity index (χ0) is 13.9. The summed E-state index contributed by atoms with van der Waals surface area (Å²) in [6.07, 6.45) is -1.75. The topological polar surface area (TPSA) is 50.7 Å². The van der Waals surface area contributed by atoms with Crippen molar-refractivity contribution in [1.29, 1.82) is 0 Å². The van der Waals surface area contributed by atoms with Gasteiger partial charge in [-0.15, -0.1) is 0 Å². The van der Waals surface area contributed by atoms with Gasteiger partial charge in [0.2, 0.25) is 0 Å². The first kappa shape index (κ1) is 13.3. The number of anilines is 1. The van der Waals surface area contributed by atoms with Crippen molar-refractivity contribution >= 4 is 5.82 Å². The van der Waals surface area contributed by atoms with Crippen LogP contribution in [-0.2, 0) is 12.7 Å². The third-order valence-corrected chi connectivity index (χ3v) is 2.41. The maximum atomic E-state index is 12.7. The van der Waals surface area contributed by atoms with Crippen molar-refractivity contribution < 1.29 is 13.2 Å². The van der Waals surface area contributed by atoms with Gasteiger partial charge in [0.25, 0.3) is 0 Å². The van der Waals surface area contributed by atoms with Crippen LogP contribution in [-0.4, -0.2) is 15.0 Å². The SMILES string of the molecule is Cc1cc(CNc2ncccc2C(F)(F)F)ncn1. The lowest BCUT2D eigenvalue weighted by Crippen LogP contribution is -2.12. The number of aryl methyl sites for hydroxylation is 1. The highest BCUT2D eigenvalue weighted by Crippen LogP contribution is 2.33. The van der Waals surface area contributed by atoms with Crippen molar-refractivity contribution in [2.75, 3.05) is 5.32 Å². The molecule has 0 saturated heterocycles. The molecule has 0 aliphatic heterocycles. The number of hydrogen-bond acceptors (Lipinski definition) is 4. The van der Waals surface area contributed by atoms with Crippen molar-refractivity contribution in [2.24, 2.45) is 0 Å². The molecule has 0 bridgehead atoms. The molecule has 0 fully saturated rings. The molecule has 0 saturated carbocycles. The average Bonchev–Trinajstić information content (AvgIpc) is 2.36. The summed E-state index contributed by atoms with van der Waals surface area (Å²) in [5, 5.41) is 2.64. The fraction of sp³-hybridized carbons (Fsp3) is 0.250. The van der Waals surface area contributed by atoms with Gasteiger partial charge >= 0.3 is 6.18 Å². The molecule has 0 unspecified atom stereocenters. The molecule has 4 nitrogen and oxygen atoms in total. The van der Waals surface area contributed by atoms with Crippen LogP contribution in [0.15, 0.2) is 30.7 Å². The van der Waals surface area contributed by atoms with Crippen LogP contribution in [0.1, 0.15) is 17.0 Å². The molecule has 7 heteroatoms. The van der Waals surface area contributed by atoms with E-state index in [0.717, 1.165) is 11.8 Å². The van der Waals surface area contributed by atoms with Gasteiger partial charge in [0.15, 0.2) is 0 Å². The molecule has 2 rings (SSSR count). The van der Waals surface area contributed by atoms with Gasteiger partial charge in [-0.2, -0.15) is 13.2 Å². The lowest BCUT2D eigenvalue weighted by Gasteiger charge is -2.12. The molecule has 19 heavy (non-hydrogen) atoms. The summed E-state index contributed by atoms with van der Waals surface area (Å²) in [7, 11) is 0. The van der Waals surface area contributed by atoms with E-state index in [1.54, 1.807) is 13.0 Å². The lowest BCUT2D eigenvalue weighted by atomic mass is 10.2. The van der Waals surface area contributed by atoms with Crippen molar-refractivity contribution in [1.82, 2.24) is 15.0 Å². The van der Waals surface area contributed by atoms with Crippen molar-refractivity contribution in [2.45, 2.75) is 19.6 Å². The molecule has 2 aromatic heterocycles. The number of rotatable bonds is 3. The van der Waals surface area contributed by atoms with Crippen molar-refractivity contribution in [3.63, 3.8) is 0 Å². The molecule has 0 spiro atoms. The molecule has 0 aliphatic rings. The fourth-order valence-corrected chi connectivity index (χ4v) is 1.56. The molecule has 2 heterocycles. The fourth-order valence-electron chi connectivity index (χ4n) is 1.56. The standard InChI is InChI=1S/C12H11F3N4/c1-8-5-9(19-7-18-8)6-17-11-10(12(13,14)15)3-2-4-16-11/h2-5,7H,6H2,1H3,(H,16,17). The summed E-state index contributed by atoms with van der Waals surface area (Å²) >= 11 is 0. The van der Waals surface area contributed by atoms with E-state index in [4.69, 9.17) is 0 Å². The molecular weight excluding hydrogens is 257 g/mol. The normalized spacial score (nSPS) is 11.4. The maximum absolute atomic E-state index is 12.7. The number of halogens is 3. The molecular formula is C12H11F3N4. The van der Waals surface area contributed by atoms with Gasteiger partial charge in [0.1, 0.15) is 12.1 Å². The van der Waals surface area contributed by atoms with E-state index in [1.165, 1.54) is 18.6 Å². The van der Waals surface area contributed by atoms with Gasteiger partial charge in [0.05, 0.1) is 17.8 Å². The van der Waals surface area contributed by atoms with E-state index >= 15 is 0 Å². The molecule has 2 aromatic rings. The highest BCUT2D eigenvalue weighted by molar-refractivity contribution is 5.45. The van der Waals surface area contributed by atoms with Crippen LogP contribution in [0, 0.1) is 6.92 Å². The first-order chi connectivity index (χ1) is 8.97. The molecule has 100 valence electrons. The van der Waals surface area contributed by atoms with Crippen molar-refractivity contribution in [3.8, 4) is 0 Å². The number of nitrogens with one attached hydrogen (secondary N) is 1. The minimum absolute atomic E-state index is 0.156. The highest BCUT2D eigenvalue weighted by atomic mass is 19.4. The largest absolute Gasteiger partial charge is 0.419 e. The maximum Gasteiger partial charge on any atom is 0.419 e. The van der Waals surface area contributed by atoms with Crippen LogP contribution in [0.3, 0.4) is 0 Å². The number of aromatic nitrogens is 3. The predicted octanol–water partition coefficient (Wildman–Crippen LogP) is 2.81. The van der Waals surface area contributed by atoms with E-state index in [2.05, 4.69) is 20.3 Å². The third-order valence-electron chi connectivity index (χ3n) is 2.41. The van der Waals surface area contributed by atoms with E-state index in [0.29, 0.717) is 5.69 Å². The summed E-state index contributed by atoms with van der Waals surface area (Å²) in [5.41, 5.74) is 0.566. The average molecular weight is 268 g/mol. The van der Waals surface area contributed by atoms with Gasteiger partial charge in [0, 0.05) is 11.9 Å². The minimum atomic E-state index is -4.43. The Morgan fingerprint density at radius 2 is 2.00 bits per heavy atom. The second-order valence-corrected chi connectivity index (χ2v) is 3.90. The Hall–Kier alpha value is -2.18. The molecule has 1 N–H and O–H groups in total. The Morgan fingerprint density at radius 1 is 1.21 bits per heavy atom. The van der Waals surface area contributed by atoms with Crippen LogP contribution >= 0.6 is 0 Å². The molecule has 0 radical (unpaired) electrons. The second kappa shape index (κ2) is 5.21. The van der Waals surface area contributed by atoms with E-state index in [-0.39, 0.29) is 12.4 Å². The van der Waals surface area contributed by atoms with E-state index < -0.39 is 11.7 Å². The van der Waals surface area contributed by atoms with Gasteiger partial charge in [-0.25, -0.2) is 15.0 Å². The molecule has 0 atom stereocenters. The summed E-state index contributed by atoms with van der Waals surface area (Å²) in [6.45, 7) is 1.94. The first-order valence-electron chi connectivity index (χ1n) is 5.50. The van der Waals surface area contributed by atoms with E-state index in [9.17, 15) is 13.2 Å². The smallest absolute Gasteiger partial charge is 0.364 e. The Labute approximate surface area is 107 Å². The highest BCUT2D eigenvalue weighted by Gasteiger charge is 2.33. The molecule has 0 amide bonds. The van der Waals surface area contributed by atoms with E-state index in [1.807, 2.05) is 0 Å². The lowest BCUT2D eigenvalue weighted by molar-refractivity contribution is -0.137. The van der Waals surface area contributed by atoms with Crippen LogP contribution in [0.4, 0.5) is 19.0 Å². The van der Waals surface area contributed by atoms with Crippen LogP contribution in [0.5, 0.6) is 0 Å². The van der Waals surface area contributed by atoms with Crippen LogP contribution in [0.25, 0.3) is 0 Å². The Kier molecular flexibility index (Phi) is 3.64. The number of nitrogens with zero attached hydrogens (tertiary/aromatic N) is 3. The number of pyridine rings is 1. The predicted molar refractivity (Wildman–Crippen MR) is 63.3 cm³/mol. The Bertz CT molecular complexity index is 569. The molecule has 0 aliphatic carbocycles. The quantitative estimate of drug-likeness (QED) is 0.930. The van der Waals surface area contributed by atoms with Crippen molar-refractivity contribution in [3.05, 3.63) is 47.7 Å². The summed E-state index contributed by atoms with van der Waals surface area (Å²) in [4.78, 5) is 11.6. The zero-order valence-corrected chi connectivity index (χ0v) is 10.1. The summed E-state index contributed by atoms with van der Waals surface area (Å²) < 4.78 is 38.2. The third kappa shape index (κ3) is 3.40. The monoisotopic (exact) mass is 268 g/mol. The van der Waals surface area contributed by atoms with Gasteiger partial charge in [-0.05, 0) is 25.1 Å². The minimum Gasteiger partial charge on any atom is -0.364 e. The van der Waals surface area contributed by atoms with Crippen LogP contribution in [0.2, 0.25) is 0 Å². The number of alkyl halides is 3. The molecule has 0 aromatic carbocycles. The first-order valence-corrected chi connectivity index (χ1v) is 5.50. The summed E-state index contributed by atoms with van der Waals surface area (Å²) in [5.74, 6) is -0.203. The summed E-state index contributed by atoms with van der Waals surface area (Å²) in [6, 6.07) is 3.94. The Balaban J connectivity index is 2.16. The van der Waals surface area contributed by atoms with Gasteiger partial charge < -0.3 is 5.32 Å². The van der Waals surface area contributed by atoms with Crippen LogP contribution < -0.4 is 5.32 Å². The zero-order valence-electron chi connectivity index (χ0n) is 10.1. The second-order valence-electron chi connectivity index (χ2n) is 3.90. The Morgan fingerprint density at radius 3 is 2.68 bits per heavy atom. The van der Waals surface area contributed by atoms with Gasteiger partial charge in [-0.3, -0.25) is 0 Å². The number of hydrogen-bond donors (Lipinski definition) is 1.